The minimum absolute atomic E-state index is 0.0343. The van der Waals surface area contributed by atoms with E-state index in [0.29, 0.717) is 60.6 Å². The largest absolute Gasteiger partial charge is 0.493 e. The number of nitrogens with one attached hydrogen (secondary N) is 1. The number of carbonyl (C=O) groups is 3. The van der Waals surface area contributed by atoms with Crippen molar-refractivity contribution in [2.45, 2.75) is 26.4 Å². The molecule has 0 aliphatic carbocycles. The van der Waals surface area contributed by atoms with Gasteiger partial charge in [0, 0.05) is 25.6 Å². The molecule has 10 heteroatoms. The van der Waals surface area contributed by atoms with E-state index < -0.39 is 0 Å². The molecule has 0 aromatic heterocycles. The summed E-state index contributed by atoms with van der Waals surface area (Å²) in [6.45, 7) is 4.40. The molecule has 1 N–H and O–H groups in total. The number of carbonyl (C=O) groups excluding carboxylic acids is 3. The van der Waals surface area contributed by atoms with Crippen LogP contribution < -0.4 is 19.5 Å². The topological polar surface area (TPSA) is 103 Å². The second kappa shape index (κ2) is 12.4. The first-order valence-corrected chi connectivity index (χ1v) is 11.1. The minimum Gasteiger partial charge on any atom is -0.493 e. The summed E-state index contributed by atoms with van der Waals surface area (Å²) < 4.78 is 22.4. The van der Waals surface area contributed by atoms with Crippen molar-refractivity contribution >= 4 is 29.4 Å². The van der Waals surface area contributed by atoms with Crippen LogP contribution >= 0.6 is 11.8 Å². The molecule has 1 heterocycles. The molecule has 1 fully saturated rings. The summed E-state index contributed by atoms with van der Waals surface area (Å²) in [5.41, 5.74) is 0.387. The summed E-state index contributed by atoms with van der Waals surface area (Å²) >= 11 is 1.50. The van der Waals surface area contributed by atoms with Crippen molar-refractivity contribution in [1.82, 2.24) is 10.2 Å². The highest BCUT2D eigenvalue weighted by Crippen LogP contribution is 2.40. The van der Waals surface area contributed by atoms with Crippen LogP contribution in [0, 0.1) is 0 Å². The molecule has 1 saturated heterocycles. The fourth-order valence-electron chi connectivity index (χ4n) is 3.08. The summed E-state index contributed by atoms with van der Waals surface area (Å²) in [4.78, 5) is 37.1. The van der Waals surface area contributed by atoms with Gasteiger partial charge >= 0.3 is 0 Å². The number of hydrogen-bond donors (Lipinski definition) is 1. The van der Waals surface area contributed by atoms with Crippen LogP contribution in [0.15, 0.2) is 12.1 Å². The molecule has 0 bridgehead atoms. The molecule has 1 aliphatic rings. The van der Waals surface area contributed by atoms with Crippen molar-refractivity contribution in [2.24, 2.45) is 0 Å². The Kier molecular flexibility index (Phi) is 9.93. The SMILES string of the molecule is COc1ccc(C(C)=O)c(OCC2CN(C(=O)CCSCNC(C)=O)CCO2)c1OC. The van der Waals surface area contributed by atoms with E-state index in [9.17, 15) is 14.4 Å². The fourth-order valence-corrected chi connectivity index (χ4v) is 3.85. The van der Waals surface area contributed by atoms with E-state index >= 15 is 0 Å². The third-order valence-electron chi connectivity index (χ3n) is 4.67. The second-order valence-electron chi connectivity index (χ2n) is 6.91. The van der Waals surface area contributed by atoms with Crippen LogP contribution in [0.4, 0.5) is 0 Å². The maximum atomic E-state index is 12.5. The van der Waals surface area contributed by atoms with Gasteiger partial charge in [0.25, 0.3) is 0 Å². The van der Waals surface area contributed by atoms with Gasteiger partial charge < -0.3 is 29.2 Å². The Hall–Kier alpha value is -2.46. The third-order valence-corrected chi connectivity index (χ3v) is 5.51. The van der Waals surface area contributed by atoms with Crippen LogP contribution in [-0.2, 0) is 14.3 Å². The lowest BCUT2D eigenvalue weighted by Crippen LogP contribution is -2.47. The number of ether oxygens (including phenoxy) is 4. The summed E-state index contributed by atoms with van der Waals surface area (Å²) in [5, 5.41) is 2.69. The van der Waals surface area contributed by atoms with Crippen molar-refractivity contribution in [3.8, 4) is 17.2 Å². The molecule has 2 rings (SSSR count). The van der Waals surface area contributed by atoms with Gasteiger partial charge in [-0.2, -0.15) is 0 Å². The molecular formula is C21H30N2O7S. The monoisotopic (exact) mass is 454 g/mol. The van der Waals surface area contributed by atoms with Gasteiger partial charge in [0.2, 0.25) is 17.6 Å². The van der Waals surface area contributed by atoms with Gasteiger partial charge in [-0.05, 0) is 19.1 Å². The molecule has 1 unspecified atom stereocenters. The molecule has 0 spiro atoms. The fraction of sp³-hybridized carbons (Fsp3) is 0.571. The van der Waals surface area contributed by atoms with Gasteiger partial charge in [-0.3, -0.25) is 14.4 Å². The maximum absolute atomic E-state index is 12.5. The van der Waals surface area contributed by atoms with E-state index in [1.54, 1.807) is 17.0 Å². The van der Waals surface area contributed by atoms with Crippen molar-refractivity contribution in [3.05, 3.63) is 17.7 Å². The number of benzene rings is 1. The van der Waals surface area contributed by atoms with Gasteiger partial charge in [-0.25, -0.2) is 0 Å². The van der Waals surface area contributed by atoms with Crippen LogP contribution in [0.1, 0.15) is 30.6 Å². The van der Waals surface area contributed by atoms with Crippen molar-refractivity contribution in [3.63, 3.8) is 0 Å². The number of hydrogen-bond acceptors (Lipinski definition) is 8. The van der Waals surface area contributed by atoms with Gasteiger partial charge in [0.15, 0.2) is 17.3 Å². The van der Waals surface area contributed by atoms with Crippen LogP contribution in [-0.4, -0.2) is 80.8 Å². The Morgan fingerprint density at radius 2 is 1.97 bits per heavy atom. The van der Waals surface area contributed by atoms with Crippen LogP contribution in [0.2, 0.25) is 0 Å². The number of nitrogens with zero attached hydrogens (tertiary/aromatic N) is 1. The first kappa shape index (κ1) is 24.8. The van der Waals surface area contributed by atoms with E-state index in [2.05, 4.69) is 5.32 Å². The molecule has 9 nitrogen and oxygen atoms in total. The molecule has 1 aromatic rings. The Bertz CT molecular complexity index is 787. The van der Waals surface area contributed by atoms with Gasteiger partial charge in [-0.15, -0.1) is 11.8 Å². The summed E-state index contributed by atoms with van der Waals surface area (Å²) in [6, 6.07) is 3.29. The summed E-state index contributed by atoms with van der Waals surface area (Å²) in [6.07, 6.45) is 0.0520. The average Bonchev–Trinajstić information content (AvgIpc) is 2.76. The Balaban J connectivity index is 1.93. The van der Waals surface area contributed by atoms with E-state index in [1.807, 2.05) is 0 Å². The summed E-state index contributed by atoms with van der Waals surface area (Å²) in [7, 11) is 2.99. The van der Waals surface area contributed by atoms with Gasteiger partial charge in [0.1, 0.15) is 12.7 Å². The highest BCUT2D eigenvalue weighted by atomic mass is 32.2. The van der Waals surface area contributed by atoms with Crippen molar-refractivity contribution in [1.29, 1.82) is 0 Å². The van der Waals surface area contributed by atoms with E-state index in [0.717, 1.165) is 0 Å². The molecule has 31 heavy (non-hydrogen) atoms. The van der Waals surface area contributed by atoms with Crippen molar-refractivity contribution in [2.75, 3.05) is 52.2 Å². The average molecular weight is 455 g/mol. The van der Waals surface area contributed by atoms with Gasteiger partial charge in [0.05, 0.1) is 38.8 Å². The van der Waals surface area contributed by atoms with E-state index in [1.165, 1.54) is 39.8 Å². The zero-order valence-electron chi connectivity index (χ0n) is 18.4. The quantitative estimate of drug-likeness (QED) is 0.306. The second-order valence-corrected chi connectivity index (χ2v) is 8.02. The number of methoxy groups -OCH3 is 2. The zero-order valence-corrected chi connectivity index (χ0v) is 19.2. The molecule has 0 radical (unpaired) electrons. The predicted molar refractivity (Wildman–Crippen MR) is 117 cm³/mol. The Labute approximate surface area is 186 Å². The number of thioether (sulfide) groups is 1. The minimum atomic E-state index is -0.333. The molecule has 1 aliphatic heterocycles. The normalized spacial score (nSPS) is 15.9. The molecule has 1 aromatic carbocycles. The zero-order chi connectivity index (χ0) is 22.8. The van der Waals surface area contributed by atoms with Crippen LogP contribution in [0.3, 0.4) is 0 Å². The predicted octanol–water partition coefficient (Wildman–Crippen LogP) is 1.73. The summed E-state index contributed by atoms with van der Waals surface area (Å²) in [5.74, 6) is 2.01. The molecule has 1 atom stereocenters. The van der Waals surface area contributed by atoms with Crippen LogP contribution in [0.5, 0.6) is 17.2 Å². The molecule has 0 saturated carbocycles. The van der Waals surface area contributed by atoms with E-state index in [4.69, 9.17) is 18.9 Å². The number of amides is 2. The molecule has 172 valence electrons. The number of Topliss-reactive ketones (excluding diaryl/α,β-unsaturated/α-hetero) is 1. The molecular weight excluding hydrogens is 424 g/mol. The highest BCUT2D eigenvalue weighted by Gasteiger charge is 2.26. The number of morpholine rings is 1. The smallest absolute Gasteiger partial charge is 0.223 e. The number of ketones is 1. The lowest BCUT2D eigenvalue weighted by molar-refractivity contribution is -0.139. The number of rotatable bonds is 11. The Morgan fingerprint density at radius 1 is 1.19 bits per heavy atom. The maximum Gasteiger partial charge on any atom is 0.223 e. The van der Waals surface area contributed by atoms with Gasteiger partial charge in [-0.1, -0.05) is 0 Å². The lowest BCUT2D eigenvalue weighted by atomic mass is 10.1. The highest BCUT2D eigenvalue weighted by molar-refractivity contribution is 7.99. The first-order valence-electron chi connectivity index (χ1n) is 9.97. The van der Waals surface area contributed by atoms with Crippen LogP contribution in [0.25, 0.3) is 0 Å². The Morgan fingerprint density at radius 3 is 2.61 bits per heavy atom. The first-order chi connectivity index (χ1) is 14.9. The third kappa shape index (κ3) is 7.32. The van der Waals surface area contributed by atoms with Crippen molar-refractivity contribution < 1.29 is 33.3 Å². The van der Waals surface area contributed by atoms with E-state index in [-0.39, 0.29) is 30.3 Å². The standard InChI is InChI=1S/C21H30N2O7S/c1-14(24)17-5-6-18(27-3)21(28-4)20(17)30-12-16-11-23(8-9-29-16)19(26)7-10-31-13-22-15(2)25/h5-6,16H,7-13H2,1-4H3,(H,22,25). The lowest BCUT2D eigenvalue weighted by Gasteiger charge is -2.33. The molecule has 2 amide bonds.